The van der Waals surface area contributed by atoms with Gasteiger partial charge in [0.25, 0.3) is 11.8 Å². The second kappa shape index (κ2) is 6.53. The fourth-order valence-corrected chi connectivity index (χ4v) is 2.34. The van der Waals surface area contributed by atoms with Crippen LogP contribution in [0.1, 0.15) is 20.8 Å². The number of nitrogens with one attached hydrogen (secondary N) is 2. The normalized spacial score (nSPS) is 10.3. The maximum atomic E-state index is 12.1. The minimum absolute atomic E-state index is 0.219. The van der Waals surface area contributed by atoms with Gasteiger partial charge in [-0.2, -0.15) is 0 Å². The Morgan fingerprint density at radius 1 is 0.957 bits per heavy atom. The summed E-state index contributed by atoms with van der Waals surface area (Å²) in [4.78, 5) is 32.2. The standard InChI is InChI=1S/C16H11BrN4O2/c17-12-7-11(8-18-9-12)15(22)20-21-16(23)14-6-5-10-3-1-2-4-13(10)19-14/h1-9H,(H,20,22)(H,21,23). The lowest BCUT2D eigenvalue weighted by atomic mass is 10.2. The molecule has 0 saturated carbocycles. The molecule has 0 fully saturated rings. The number of aromatic nitrogens is 2. The molecule has 2 amide bonds. The molecular weight excluding hydrogens is 360 g/mol. The van der Waals surface area contributed by atoms with Gasteiger partial charge in [0.1, 0.15) is 5.69 Å². The molecule has 3 rings (SSSR count). The molecule has 23 heavy (non-hydrogen) atoms. The number of halogens is 1. The molecule has 0 unspecified atom stereocenters. The minimum Gasteiger partial charge on any atom is -0.267 e. The van der Waals surface area contributed by atoms with Crippen LogP contribution in [0, 0.1) is 0 Å². The molecule has 6 nitrogen and oxygen atoms in total. The third-order valence-corrected chi connectivity index (χ3v) is 3.52. The summed E-state index contributed by atoms with van der Waals surface area (Å²) in [6.45, 7) is 0. The molecule has 0 aliphatic carbocycles. The van der Waals surface area contributed by atoms with Crippen molar-refractivity contribution in [3.63, 3.8) is 0 Å². The van der Waals surface area contributed by atoms with E-state index in [-0.39, 0.29) is 5.69 Å². The highest BCUT2D eigenvalue weighted by Crippen LogP contribution is 2.12. The van der Waals surface area contributed by atoms with Gasteiger partial charge in [-0.25, -0.2) is 4.98 Å². The Balaban J connectivity index is 1.69. The highest BCUT2D eigenvalue weighted by molar-refractivity contribution is 9.10. The van der Waals surface area contributed by atoms with Gasteiger partial charge in [-0.1, -0.05) is 24.3 Å². The van der Waals surface area contributed by atoms with Crippen LogP contribution in [0.5, 0.6) is 0 Å². The SMILES string of the molecule is O=C(NNC(=O)c1ccc2ccccc2n1)c1cncc(Br)c1. The van der Waals surface area contributed by atoms with E-state index in [4.69, 9.17) is 0 Å². The Hall–Kier alpha value is -2.80. The van der Waals surface area contributed by atoms with Gasteiger partial charge in [-0.05, 0) is 34.1 Å². The molecular formula is C16H11BrN4O2. The second-order valence-electron chi connectivity index (χ2n) is 4.69. The molecule has 0 aliphatic heterocycles. The maximum Gasteiger partial charge on any atom is 0.288 e. The van der Waals surface area contributed by atoms with Gasteiger partial charge < -0.3 is 0 Å². The van der Waals surface area contributed by atoms with E-state index in [1.807, 2.05) is 24.3 Å². The average molecular weight is 371 g/mol. The van der Waals surface area contributed by atoms with Crippen molar-refractivity contribution in [3.05, 3.63) is 70.6 Å². The summed E-state index contributed by atoms with van der Waals surface area (Å²) in [6, 6.07) is 12.5. The molecule has 0 spiro atoms. The number of para-hydroxylation sites is 1. The summed E-state index contributed by atoms with van der Waals surface area (Å²) in [5.41, 5.74) is 5.93. The fraction of sp³-hybridized carbons (Fsp3) is 0. The topological polar surface area (TPSA) is 84.0 Å². The summed E-state index contributed by atoms with van der Waals surface area (Å²) in [5.74, 6) is -0.958. The van der Waals surface area contributed by atoms with Crippen molar-refractivity contribution < 1.29 is 9.59 Å². The summed E-state index contributed by atoms with van der Waals surface area (Å²) in [5, 5.41) is 0.938. The van der Waals surface area contributed by atoms with Crippen LogP contribution >= 0.6 is 15.9 Å². The van der Waals surface area contributed by atoms with Crippen LogP contribution in [-0.4, -0.2) is 21.8 Å². The smallest absolute Gasteiger partial charge is 0.267 e. The number of nitrogens with zero attached hydrogens (tertiary/aromatic N) is 2. The number of fused-ring (bicyclic) bond motifs is 1. The first kappa shape index (κ1) is 15.1. The van der Waals surface area contributed by atoms with Gasteiger partial charge in [0.2, 0.25) is 0 Å². The zero-order valence-corrected chi connectivity index (χ0v) is 13.4. The van der Waals surface area contributed by atoms with Crippen molar-refractivity contribution in [3.8, 4) is 0 Å². The lowest BCUT2D eigenvalue weighted by Gasteiger charge is -2.07. The Morgan fingerprint density at radius 2 is 1.74 bits per heavy atom. The molecule has 1 aromatic carbocycles. The van der Waals surface area contributed by atoms with E-state index in [1.54, 1.807) is 24.4 Å². The molecule has 0 bridgehead atoms. The van der Waals surface area contributed by atoms with E-state index in [0.717, 1.165) is 5.39 Å². The molecule has 2 heterocycles. The number of rotatable bonds is 2. The molecule has 0 aliphatic rings. The Labute approximate surface area is 140 Å². The van der Waals surface area contributed by atoms with Gasteiger partial charge in [-0.15, -0.1) is 0 Å². The zero-order chi connectivity index (χ0) is 16.2. The van der Waals surface area contributed by atoms with E-state index >= 15 is 0 Å². The van der Waals surface area contributed by atoms with Crippen molar-refractivity contribution in [1.82, 2.24) is 20.8 Å². The maximum absolute atomic E-state index is 12.1. The van der Waals surface area contributed by atoms with Crippen molar-refractivity contribution in [2.45, 2.75) is 0 Å². The van der Waals surface area contributed by atoms with Crippen LogP contribution in [0.4, 0.5) is 0 Å². The number of pyridine rings is 2. The van der Waals surface area contributed by atoms with Gasteiger partial charge in [0.15, 0.2) is 0 Å². The fourth-order valence-electron chi connectivity index (χ4n) is 1.98. The molecule has 0 saturated heterocycles. The van der Waals surface area contributed by atoms with Crippen LogP contribution in [0.25, 0.3) is 10.9 Å². The van der Waals surface area contributed by atoms with Crippen LogP contribution in [-0.2, 0) is 0 Å². The molecule has 2 aromatic heterocycles. The third-order valence-electron chi connectivity index (χ3n) is 3.09. The summed E-state index contributed by atoms with van der Waals surface area (Å²) in [6.07, 6.45) is 2.97. The predicted octanol–water partition coefficient (Wildman–Crippen LogP) is 2.47. The Bertz CT molecular complexity index is 898. The van der Waals surface area contributed by atoms with Gasteiger partial charge in [0, 0.05) is 22.3 Å². The largest absolute Gasteiger partial charge is 0.288 e. The van der Waals surface area contributed by atoms with Crippen LogP contribution < -0.4 is 10.9 Å². The van der Waals surface area contributed by atoms with Crippen molar-refractivity contribution in [2.24, 2.45) is 0 Å². The monoisotopic (exact) mass is 370 g/mol. The van der Waals surface area contributed by atoms with E-state index in [1.165, 1.54) is 6.20 Å². The van der Waals surface area contributed by atoms with E-state index in [9.17, 15) is 9.59 Å². The number of hydrazine groups is 1. The number of carbonyl (C=O) groups is 2. The quantitative estimate of drug-likeness (QED) is 0.678. The molecule has 7 heteroatoms. The number of hydrogen-bond donors (Lipinski definition) is 2. The van der Waals surface area contributed by atoms with E-state index in [0.29, 0.717) is 15.6 Å². The third kappa shape index (κ3) is 3.51. The van der Waals surface area contributed by atoms with Crippen molar-refractivity contribution in [2.75, 3.05) is 0 Å². The van der Waals surface area contributed by atoms with Gasteiger partial charge in [-0.3, -0.25) is 25.4 Å². The average Bonchev–Trinajstić information content (AvgIpc) is 2.59. The first-order valence-corrected chi connectivity index (χ1v) is 7.50. The number of carbonyl (C=O) groups excluding carboxylic acids is 2. The van der Waals surface area contributed by atoms with Gasteiger partial charge >= 0.3 is 0 Å². The predicted molar refractivity (Wildman–Crippen MR) is 88.6 cm³/mol. The van der Waals surface area contributed by atoms with Crippen LogP contribution in [0.15, 0.2) is 59.3 Å². The Morgan fingerprint density at radius 3 is 2.57 bits per heavy atom. The number of benzene rings is 1. The molecule has 0 atom stereocenters. The first-order valence-electron chi connectivity index (χ1n) is 6.70. The first-order chi connectivity index (χ1) is 11.1. The molecule has 2 N–H and O–H groups in total. The molecule has 3 aromatic rings. The van der Waals surface area contributed by atoms with Gasteiger partial charge in [0.05, 0.1) is 11.1 Å². The number of hydrogen-bond acceptors (Lipinski definition) is 4. The summed E-state index contributed by atoms with van der Waals surface area (Å²) >= 11 is 3.23. The Kier molecular flexibility index (Phi) is 4.29. The van der Waals surface area contributed by atoms with E-state index < -0.39 is 11.8 Å². The van der Waals surface area contributed by atoms with Crippen molar-refractivity contribution in [1.29, 1.82) is 0 Å². The summed E-state index contributed by atoms with van der Waals surface area (Å²) < 4.78 is 0.674. The van der Waals surface area contributed by atoms with E-state index in [2.05, 4.69) is 36.7 Å². The zero-order valence-electron chi connectivity index (χ0n) is 11.8. The number of amides is 2. The summed E-state index contributed by atoms with van der Waals surface area (Å²) in [7, 11) is 0. The lowest BCUT2D eigenvalue weighted by Crippen LogP contribution is -2.42. The highest BCUT2D eigenvalue weighted by Gasteiger charge is 2.11. The molecule has 114 valence electrons. The van der Waals surface area contributed by atoms with Crippen molar-refractivity contribution >= 4 is 38.6 Å². The van der Waals surface area contributed by atoms with Crippen LogP contribution in [0.3, 0.4) is 0 Å². The minimum atomic E-state index is -0.493. The van der Waals surface area contributed by atoms with Crippen LogP contribution in [0.2, 0.25) is 0 Å². The molecule has 0 radical (unpaired) electrons. The highest BCUT2D eigenvalue weighted by atomic mass is 79.9. The lowest BCUT2D eigenvalue weighted by molar-refractivity contribution is 0.0844. The second-order valence-corrected chi connectivity index (χ2v) is 5.60.